The zero-order valence-corrected chi connectivity index (χ0v) is 10.6. The van der Waals surface area contributed by atoms with Gasteiger partial charge >= 0.3 is 0 Å². The lowest BCUT2D eigenvalue weighted by Gasteiger charge is -2.33. The third-order valence-electron chi connectivity index (χ3n) is 3.56. The maximum absolute atomic E-state index is 3.59. The van der Waals surface area contributed by atoms with Crippen LogP contribution in [0.5, 0.6) is 0 Å². The van der Waals surface area contributed by atoms with E-state index in [9.17, 15) is 0 Å². The first-order chi connectivity index (χ1) is 6.41. The summed E-state index contributed by atoms with van der Waals surface area (Å²) in [4.78, 5) is 0. The molecule has 0 bridgehead atoms. The van der Waals surface area contributed by atoms with Crippen LogP contribution in [-0.2, 0) is 0 Å². The van der Waals surface area contributed by atoms with E-state index >= 15 is 0 Å². The highest BCUT2D eigenvalue weighted by Gasteiger charge is 2.35. The minimum Gasteiger partial charge on any atom is -0.314 e. The molecule has 0 heterocycles. The van der Waals surface area contributed by atoms with Gasteiger partial charge in [-0.2, -0.15) is 0 Å². The number of hydrogen-bond donors (Lipinski definition) is 1. The highest BCUT2D eigenvalue weighted by atomic mass is 14.9. The van der Waals surface area contributed by atoms with Crippen LogP contribution in [0.25, 0.3) is 0 Å². The van der Waals surface area contributed by atoms with Crippen LogP contribution in [0.15, 0.2) is 0 Å². The summed E-state index contributed by atoms with van der Waals surface area (Å²) in [5.74, 6) is 1.84. The number of hydrogen-bond acceptors (Lipinski definition) is 1. The fourth-order valence-electron chi connectivity index (χ4n) is 2.81. The van der Waals surface area contributed by atoms with Crippen molar-refractivity contribution in [1.29, 1.82) is 0 Å². The molecule has 0 aromatic heterocycles. The van der Waals surface area contributed by atoms with Gasteiger partial charge in [-0.05, 0) is 36.6 Å². The predicted molar refractivity (Wildman–Crippen MR) is 63.4 cm³/mol. The van der Waals surface area contributed by atoms with Crippen LogP contribution in [0, 0.1) is 17.3 Å². The summed E-state index contributed by atoms with van der Waals surface area (Å²) in [5, 5.41) is 3.59. The lowest BCUT2D eigenvalue weighted by molar-refractivity contribution is 0.181. The van der Waals surface area contributed by atoms with E-state index in [1.807, 2.05) is 0 Å². The fourth-order valence-corrected chi connectivity index (χ4v) is 2.81. The fraction of sp³-hybridized carbons (Fsp3) is 1.00. The molecule has 1 rings (SSSR count). The summed E-state index contributed by atoms with van der Waals surface area (Å²) in [5.41, 5.74) is 0.500. The van der Waals surface area contributed by atoms with Gasteiger partial charge in [0.25, 0.3) is 0 Å². The third-order valence-corrected chi connectivity index (χ3v) is 3.56. The largest absolute Gasteiger partial charge is 0.314 e. The zero-order valence-electron chi connectivity index (χ0n) is 10.6. The van der Waals surface area contributed by atoms with E-state index < -0.39 is 0 Å². The Morgan fingerprint density at radius 2 is 1.86 bits per heavy atom. The van der Waals surface area contributed by atoms with E-state index in [0.29, 0.717) is 11.5 Å². The van der Waals surface area contributed by atoms with E-state index in [4.69, 9.17) is 0 Å². The first-order valence-corrected chi connectivity index (χ1v) is 6.14. The van der Waals surface area contributed by atoms with E-state index in [-0.39, 0.29) is 0 Å². The Bertz CT molecular complexity index is 167. The maximum atomic E-state index is 3.59. The molecule has 0 radical (unpaired) electrons. The van der Waals surface area contributed by atoms with Crippen LogP contribution in [0.1, 0.15) is 53.9 Å². The Kier molecular flexibility index (Phi) is 4.00. The molecule has 0 spiro atoms. The number of nitrogens with one attached hydrogen (secondary N) is 1. The van der Waals surface area contributed by atoms with E-state index in [1.165, 1.54) is 25.8 Å². The van der Waals surface area contributed by atoms with Gasteiger partial charge < -0.3 is 5.32 Å². The van der Waals surface area contributed by atoms with Crippen molar-refractivity contribution in [2.75, 3.05) is 6.54 Å². The Hall–Kier alpha value is -0.0400. The third kappa shape index (κ3) is 3.27. The summed E-state index contributed by atoms with van der Waals surface area (Å²) in [6, 6.07) is 0.635. The van der Waals surface area contributed by atoms with E-state index in [1.54, 1.807) is 0 Å². The van der Waals surface area contributed by atoms with Gasteiger partial charge in [-0.15, -0.1) is 0 Å². The Balaban J connectivity index is 2.43. The van der Waals surface area contributed by atoms with Crippen molar-refractivity contribution in [2.45, 2.75) is 59.9 Å². The molecule has 84 valence electrons. The molecule has 1 nitrogen and oxygen atoms in total. The summed E-state index contributed by atoms with van der Waals surface area (Å²) < 4.78 is 0. The van der Waals surface area contributed by atoms with Gasteiger partial charge in [-0.3, -0.25) is 0 Å². The van der Waals surface area contributed by atoms with Crippen LogP contribution < -0.4 is 5.32 Å². The Morgan fingerprint density at radius 1 is 1.21 bits per heavy atom. The second-order valence-corrected chi connectivity index (χ2v) is 6.23. The lowest BCUT2D eigenvalue weighted by atomic mass is 9.75. The van der Waals surface area contributed by atoms with Gasteiger partial charge in [-0.1, -0.05) is 41.0 Å². The maximum Gasteiger partial charge on any atom is 0.00104 e. The molecule has 0 aromatic carbocycles. The quantitative estimate of drug-likeness (QED) is 0.731. The molecular weight excluding hydrogens is 170 g/mol. The number of rotatable bonds is 3. The zero-order chi connectivity index (χ0) is 10.8. The Labute approximate surface area is 89.7 Å². The topological polar surface area (TPSA) is 12.0 Å². The van der Waals surface area contributed by atoms with Crippen molar-refractivity contribution in [2.24, 2.45) is 17.3 Å². The molecule has 0 amide bonds. The molecule has 1 saturated carbocycles. The first kappa shape index (κ1) is 12.0. The van der Waals surface area contributed by atoms with Crippen LogP contribution in [0.3, 0.4) is 0 Å². The molecule has 0 aromatic rings. The van der Waals surface area contributed by atoms with Crippen molar-refractivity contribution in [1.82, 2.24) is 5.32 Å². The SMILES string of the molecule is CC(C)NCC1CCCC1C(C)(C)C. The van der Waals surface area contributed by atoms with Crippen LogP contribution in [0.4, 0.5) is 0 Å². The minimum atomic E-state index is 0.500. The van der Waals surface area contributed by atoms with Crippen molar-refractivity contribution >= 4 is 0 Å². The van der Waals surface area contributed by atoms with E-state index in [0.717, 1.165) is 11.8 Å². The van der Waals surface area contributed by atoms with Crippen molar-refractivity contribution in [3.63, 3.8) is 0 Å². The van der Waals surface area contributed by atoms with Gasteiger partial charge in [0.05, 0.1) is 0 Å². The smallest absolute Gasteiger partial charge is 0.00104 e. The highest BCUT2D eigenvalue weighted by Crippen LogP contribution is 2.42. The Morgan fingerprint density at radius 3 is 2.36 bits per heavy atom. The lowest BCUT2D eigenvalue weighted by Crippen LogP contribution is -2.34. The molecule has 1 fully saturated rings. The molecule has 0 saturated heterocycles. The molecule has 14 heavy (non-hydrogen) atoms. The van der Waals surface area contributed by atoms with Crippen LogP contribution in [0.2, 0.25) is 0 Å². The molecule has 1 aliphatic carbocycles. The monoisotopic (exact) mass is 197 g/mol. The van der Waals surface area contributed by atoms with Gasteiger partial charge in [0, 0.05) is 6.04 Å². The van der Waals surface area contributed by atoms with Gasteiger partial charge in [0.15, 0.2) is 0 Å². The van der Waals surface area contributed by atoms with Gasteiger partial charge in [0.1, 0.15) is 0 Å². The second-order valence-electron chi connectivity index (χ2n) is 6.23. The minimum absolute atomic E-state index is 0.500. The first-order valence-electron chi connectivity index (χ1n) is 6.14. The van der Waals surface area contributed by atoms with Gasteiger partial charge in [-0.25, -0.2) is 0 Å². The summed E-state index contributed by atoms with van der Waals surface area (Å²) in [6.07, 6.45) is 4.31. The molecule has 1 aliphatic rings. The summed E-state index contributed by atoms with van der Waals surface area (Å²) in [6.45, 7) is 12.9. The summed E-state index contributed by atoms with van der Waals surface area (Å²) >= 11 is 0. The predicted octanol–water partition coefficient (Wildman–Crippen LogP) is 3.45. The van der Waals surface area contributed by atoms with Crippen LogP contribution >= 0.6 is 0 Å². The van der Waals surface area contributed by atoms with Gasteiger partial charge in [0.2, 0.25) is 0 Å². The molecular formula is C13H27N. The van der Waals surface area contributed by atoms with E-state index in [2.05, 4.69) is 39.9 Å². The molecule has 1 heteroatoms. The standard InChI is InChI=1S/C13H27N/c1-10(2)14-9-11-7-6-8-12(11)13(3,4)5/h10-12,14H,6-9H2,1-5H3. The van der Waals surface area contributed by atoms with Crippen molar-refractivity contribution < 1.29 is 0 Å². The molecule has 2 atom stereocenters. The molecule has 2 unspecified atom stereocenters. The van der Waals surface area contributed by atoms with Crippen molar-refractivity contribution in [3.8, 4) is 0 Å². The highest BCUT2D eigenvalue weighted by molar-refractivity contribution is 4.86. The van der Waals surface area contributed by atoms with Crippen molar-refractivity contribution in [3.05, 3.63) is 0 Å². The second kappa shape index (κ2) is 4.65. The average Bonchev–Trinajstić information content (AvgIpc) is 2.46. The molecule has 0 aliphatic heterocycles. The average molecular weight is 197 g/mol. The summed E-state index contributed by atoms with van der Waals surface area (Å²) in [7, 11) is 0. The normalized spacial score (nSPS) is 28.7. The van der Waals surface area contributed by atoms with Crippen LogP contribution in [-0.4, -0.2) is 12.6 Å². The molecule has 1 N–H and O–H groups in total.